The van der Waals surface area contributed by atoms with Gasteiger partial charge in [0.1, 0.15) is 0 Å². The molecule has 0 radical (unpaired) electrons. The van der Waals surface area contributed by atoms with Gasteiger partial charge in [-0.25, -0.2) is 14.5 Å². The first-order valence-electron chi connectivity index (χ1n) is 12.2. The number of fused-ring (bicyclic) bond motifs is 1. The molecule has 3 aromatic heterocycles. The molecular weight excluding hydrogens is 458 g/mol. The minimum atomic E-state index is -0.504. The fraction of sp³-hybridized carbons (Fsp3) is 0.333. The first-order chi connectivity index (χ1) is 17.5. The van der Waals surface area contributed by atoms with Gasteiger partial charge in [-0.15, -0.1) is 0 Å². The molecule has 0 saturated carbocycles. The summed E-state index contributed by atoms with van der Waals surface area (Å²) in [6.45, 7) is 9.27. The SMILES string of the molecule is CCOC(=O)c1cc(-c2ccc(N3CCOCC3)cc2)c2c(C(C)C)nn(-c3cc[nH]c(=O)c3)c2n1. The second-order valence-corrected chi connectivity index (χ2v) is 8.98. The zero-order valence-electron chi connectivity index (χ0n) is 20.7. The van der Waals surface area contributed by atoms with Gasteiger partial charge in [-0.2, -0.15) is 5.10 Å². The maximum Gasteiger partial charge on any atom is 0.357 e. The van der Waals surface area contributed by atoms with Crippen LogP contribution in [0, 0.1) is 0 Å². The molecule has 1 fully saturated rings. The first-order valence-corrected chi connectivity index (χ1v) is 12.2. The first kappa shape index (κ1) is 23.7. The van der Waals surface area contributed by atoms with Crippen molar-refractivity contribution >= 4 is 22.7 Å². The molecule has 9 nitrogen and oxygen atoms in total. The average molecular weight is 488 g/mol. The smallest absolute Gasteiger partial charge is 0.357 e. The summed E-state index contributed by atoms with van der Waals surface area (Å²) in [6.07, 6.45) is 1.57. The number of rotatable bonds is 6. The third-order valence-corrected chi connectivity index (χ3v) is 6.25. The van der Waals surface area contributed by atoms with E-state index in [-0.39, 0.29) is 23.8 Å². The number of hydrogen-bond acceptors (Lipinski definition) is 7. The van der Waals surface area contributed by atoms with E-state index in [9.17, 15) is 9.59 Å². The molecule has 1 N–H and O–H groups in total. The van der Waals surface area contributed by atoms with E-state index in [1.54, 1.807) is 29.9 Å². The van der Waals surface area contributed by atoms with Crippen LogP contribution in [-0.4, -0.2) is 58.6 Å². The Kier molecular flexibility index (Phi) is 6.56. The number of carbonyl (C=O) groups is 1. The van der Waals surface area contributed by atoms with Gasteiger partial charge in [0.2, 0.25) is 5.56 Å². The van der Waals surface area contributed by atoms with Crippen LogP contribution >= 0.6 is 0 Å². The number of morpholine rings is 1. The van der Waals surface area contributed by atoms with E-state index in [4.69, 9.17) is 14.6 Å². The van der Waals surface area contributed by atoms with Gasteiger partial charge in [0.25, 0.3) is 0 Å². The molecule has 36 heavy (non-hydrogen) atoms. The van der Waals surface area contributed by atoms with Crippen LogP contribution in [0.2, 0.25) is 0 Å². The predicted molar refractivity (Wildman–Crippen MR) is 138 cm³/mol. The van der Waals surface area contributed by atoms with Gasteiger partial charge in [0.05, 0.1) is 36.6 Å². The summed E-state index contributed by atoms with van der Waals surface area (Å²) in [6, 6.07) is 13.3. The van der Waals surface area contributed by atoms with Crippen LogP contribution in [0.3, 0.4) is 0 Å². The highest BCUT2D eigenvalue weighted by Crippen LogP contribution is 2.36. The van der Waals surface area contributed by atoms with Gasteiger partial charge in [0.15, 0.2) is 11.3 Å². The Morgan fingerprint density at radius 3 is 2.53 bits per heavy atom. The predicted octanol–water partition coefficient (Wildman–Crippen LogP) is 3.91. The van der Waals surface area contributed by atoms with Gasteiger partial charge >= 0.3 is 5.97 Å². The van der Waals surface area contributed by atoms with Crippen LogP contribution in [0.25, 0.3) is 27.8 Å². The molecule has 1 saturated heterocycles. The lowest BCUT2D eigenvalue weighted by Gasteiger charge is -2.29. The molecule has 0 amide bonds. The molecule has 0 aliphatic carbocycles. The lowest BCUT2D eigenvalue weighted by atomic mass is 9.97. The number of ether oxygens (including phenoxy) is 2. The van der Waals surface area contributed by atoms with Crippen molar-refractivity contribution in [3.63, 3.8) is 0 Å². The van der Waals surface area contributed by atoms with E-state index in [1.165, 1.54) is 6.07 Å². The second kappa shape index (κ2) is 9.94. The number of nitrogens with one attached hydrogen (secondary N) is 1. The van der Waals surface area contributed by atoms with Crippen molar-refractivity contribution in [1.29, 1.82) is 0 Å². The van der Waals surface area contributed by atoms with Crippen molar-refractivity contribution in [3.05, 3.63) is 70.4 Å². The average Bonchev–Trinajstić information content (AvgIpc) is 3.29. The van der Waals surface area contributed by atoms with Crippen molar-refractivity contribution in [2.24, 2.45) is 0 Å². The highest BCUT2D eigenvalue weighted by atomic mass is 16.5. The van der Waals surface area contributed by atoms with Crippen molar-refractivity contribution in [2.75, 3.05) is 37.8 Å². The van der Waals surface area contributed by atoms with Crippen LogP contribution < -0.4 is 10.5 Å². The lowest BCUT2D eigenvalue weighted by Crippen LogP contribution is -2.36. The minimum absolute atomic E-state index is 0.0809. The lowest BCUT2D eigenvalue weighted by molar-refractivity contribution is 0.0520. The molecule has 0 unspecified atom stereocenters. The molecule has 4 heterocycles. The van der Waals surface area contributed by atoms with Crippen molar-refractivity contribution in [1.82, 2.24) is 19.7 Å². The number of nitrogens with zero attached hydrogens (tertiary/aromatic N) is 4. The third-order valence-electron chi connectivity index (χ3n) is 6.25. The maximum atomic E-state index is 12.8. The number of aromatic amines is 1. The number of pyridine rings is 2. The monoisotopic (exact) mass is 487 g/mol. The second-order valence-electron chi connectivity index (χ2n) is 8.98. The van der Waals surface area contributed by atoms with Gasteiger partial charge in [0, 0.05) is 31.0 Å². The number of esters is 1. The molecule has 0 bridgehead atoms. The summed E-state index contributed by atoms with van der Waals surface area (Å²) in [5.74, 6) is -0.423. The number of benzene rings is 1. The molecule has 186 valence electrons. The number of carbonyl (C=O) groups excluding carboxylic acids is 1. The number of anilines is 1. The standard InChI is InChI=1S/C27H29N5O4/c1-4-36-27(34)22-16-21(18-5-7-19(8-6-18)31-11-13-35-14-12-31)24-25(17(2)3)30-32(26(24)29-22)20-9-10-28-23(33)15-20/h5-10,15-17H,4,11-14H2,1-3H3,(H,28,33). The Morgan fingerprint density at radius 2 is 1.86 bits per heavy atom. The van der Waals surface area contributed by atoms with E-state index in [2.05, 4.69) is 53.0 Å². The van der Waals surface area contributed by atoms with Crippen molar-refractivity contribution < 1.29 is 14.3 Å². The fourth-order valence-electron chi connectivity index (χ4n) is 4.50. The molecule has 9 heteroatoms. The van der Waals surface area contributed by atoms with Crippen LogP contribution in [0.4, 0.5) is 5.69 Å². The maximum absolute atomic E-state index is 12.8. The summed E-state index contributed by atoms with van der Waals surface area (Å²) < 4.78 is 12.4. The Hall–Kier alpha value is -3.98. The zero-order chi connectivity index (χ0) is 25.2. The zero-order valence-corrected chi connectivity index (χ0v) is 20.7. The van der Waals surface area contributed by atoms with Gasteiger partial charge in [-0.05, 0) is 48.2 Å². The third kappa shape index (κ3) is 4.49. The van der Waals surface area contributed by atoms with E-state index < -0.39 is 5.97 Å². The fourth-order valence-corrected chi connectivity index (χ4v) is 4.50. The molecular formula is C27H29N5O4. The minimum Gasteiger partial charge on any atom is -0.461 e. The normalized spacial score (nSPS) is 13.9. The quantitative estimate of drug-likeness (QED) is 0.411. The summed E-state index contributed by atoms with van der Waals surface area (Å²) >= 11 is 0. The summed E-state index contributed by atoms with van der Waals surface area (Å²) in [5, 5.41) is 5.70. The van der Waals surface area contributed by atoms with E-state index in [0.29, 0.717) is 11.3 Å². The van der Waals surface area contributed by atoms with Crippen molar-refractivity contribution in [3.8, 4) is 16.8 Å². The Bertz CT molecular complexity index is 1450. The summed E-state index contributed by atoms with van der Waals surface area (Å²) in [5.41, 5.74) is 4.76. The molecule has 0 atom stereocenters. The molecule has 1 aromatic carbocycles. The molecule has 1 aliphatic rings. The van der Waals surface area contributed by atoms with Crippen LogP contribution in [0.1, 0.15) is 42.9 Å². The Balaban J connectivity index is 1.72. The largest absolute Gasteiger partial charge is 0.461 e. The van der Waals surface area contributed by atoms with Gasteiger partial charge in [-0.1, -0.05) is 26.0 Å². The highest BCUT2D eigenvalue weighted by molar-refractivity contribution is 6.00. The summed E-state index contributed by atoms with van der Waals surface area (Å²) in [7, 11) is 0. The van der Waals surface area contributed by atoms with E-state index >= 15 is 0 Å². The Morgan fingerprint density at radius 1 is 1.11 bits per heavy atom. The molecule has 1 aliphatic heterocycles. The molecule has 5 rings (SSSR count). The van der Waals surface area contributed by atoms with Crippen molar-refractivity contribution in [2.45, 2.75) is 26.7 Å². The summed E-state index contributed by atoms with van der Waals surface area (Å²) in [4.78, 5) is 34.4. The molecule has 4 aromatic rings. The van der Waals surface area contributed by atoms with E-state index in [1.807, 2.05) is 0 Å². The number of hydrogen-bond donors (Lipinski definition) is 1. The van der Waals surface area contributed by atoms with E-state index in [0.717, 1.165) is 54.2 Å². The van der Waals surface area contributed by atoms with Gasteiger partial charge < -0.3 is 19.4 Å². The van der Waals surface area contributed by atoms with Crippen LogP contribution in [0.5, 0.6) is 0 Å². The van der Waals surface area contributed by atoms with Crippen LogP contribution in [-0.2, 0) is 9.47 Å². The molecule has 0 spiro atoms. The van der Waals surface area contributed by atoms with Crippen LogP contribution in [0.15, 0.2) is 53.5 Å². The highest BCUT2D eigenvalue weighted by Gasteiger charge is 2.24. The number of H-pyrrole nitrogens is 1. The van der Waals surface area contributed by atoms with Gasteiger partial charge in [-0.3, -0.25) is 4.79 Å². The Labute approximate surface area is 208 Å². The topological polar surface area (TPSA) is 102 Å². The number of aromatic nitrogens is 4.